The number of esters is 1. The third-order valence-corrected chi connectivity index (χ3v) is 8.80. The van der Waals surface area contributed by atoms with Gasteiger partial charge in [0.05, 0.1) is 14.2 Å². The van der Waals surface area contributed by atoms with E-state index in [4.69, 9.17) is 30.8 Å². The monoisotopic (exact) mass is 619 g/mol. The minimum Gasteiger partial charge on any atom is -0.493 e. The molecular weight excluding hydrogens is 590 g/mol. The number of allylic oxidation sites excluding steroid dienone is 2. The van der Waals surface area contributed by atoms with Crippen molar-refractivity contribution in [3.8, 4) is 11.5 Å². The highest BCUT2D eigenvalue weighted by molar-refractivity contribution is 9.10. The van der Waals surface area contributed by atoms with Gasteiger partial charge in [-0.3, -0.25) is 14.6 Å². The van der Waals surface area contributed by atoms with Gasteiger partial charge in [0.15, 0.2) is 17.3 Å². The number of thioether (sulfide) groups is 1. The molecule has 1 heterocycles. The van der Waals surface area contributed by atoms with Crippen LogP contribution in [-0.2, 0) is 14.3 Å². The highest BCUT2D eigenvalue weighted by Crippen LogP contribution is 2.50. The van der Waals surface area contributed by atoms with E-state index in [1.54, 1.807) is 32.0 Å². The van der Waals surface area contributed by atoms with E-state index < -0.39 is 11.8 Å². The van der Waals surface area contributed by atoms with Crippen LogP contribution in [0.25, 0.3) is 0 Å². The summed E-state index contributed by atoms with van der Waals surface area (Å²) < 4.78 is 17.5. The van der Waals surface area contributed by atoms with Crippen molar-refractivity contribution in [2.75, 3.05) is 32.3 Å². The molecule has 2 aliphatic rings. The first-order valence-electron chi connectivity index (χ1n) is 12.5. The molecule has 2 aromatic rings. The lowest BCUT2D eigenvalue weighted by atomic mass is 9.69. The van der Waals surface area contributed by atoms with Crippen LogP contribution in [0.4, 0.5) is 0 Å². The number of aliphatic imine (C=N–C) groups is 1. The van der Waals surface area contributed by atoms with Crippen LogP contribution in [0.15, 0.2) is 57.1 Å². The first-order chi connectivity index (χ1) is 18.3. The molecule has 9 heteroatoms. The topological polar surface area (TPSA) is 74.2 Å². The molecule has 0 radical (unpaired) electrons. The molecule has 0 N–H and O–H groups in total. The Morgan fingerprint density at radius 2 is 1.82 bits per heavy atom. The Morgan fingerprint density at radius 3 is 2.47 bits per heavy atom. The van der Waals surface area contributed by atoms with Gasteiger partial charge in [-0.2, -0.15) is 11.8 Å². The molecule has 2 aromatic carbocycles. The fourth-order valence-electron chi connectivity index (χ4n) is 5.22. The molecule has 0 spiro atoms. The molecule has 38 heavy (non-hydrogen) atoms. The maximum atomic E-state index is 13.8. The van der Waals surface area contributed by atoms with E-state index >= 15 is 0 Å². The van der Waals surface area contributed by atoms with Crippen molar-refractivity contribution in [1.29, 1.82) is 0 Å². The standard InChI is InChI=1S/C29H31BrClNO5S/c1-5-38-11-10-37-29(34)26-16(2)32-22-12-18(17-6-8-19(31)9-7-17)13-23(33)28(22)27(26)20-14-24(35-3)25(36-4)15-21(20)30/h6-9,14-15,18,26-27H,5,10-13H2,1-4H3/t18-,26?,27+/m0/s1. The Bertz CT molecular complexity index is 1280. The van der Waals surface area contributed by atoms with Crippen LogP contribution >= 0.6 is 39.3 Å². The highest BCUT2D eigenvalue weighted by atomic mass is 79.9. The molecule has 0 saturated heterocycles. The molecule has 0 saturated carbocycles. The van der Waals surface area contributed by atoms with Crippen LogP contribution in [0.5, 0.6) is 11.5 Å². The predicted molar refractivity (Wildman–Crippen MR) is 156 cm³/mol. The van der Waals surface area contributed by atoms with Gasteiger partial charge >= 0.3 is 5.97 Å². The summed E-state index contributed by atoms with van der Waals surface area (Å²) in [6, 6.07) is 11.2. The molecule has 4 rings (SSSR count). The van der Waals surface area contributed by atoms with E-state index in [0.29, 0.717) is 57.5 Å². The fraction of sp³-hybridized carbons (Fsp3) is 0.414. The summed E-state index contributed by atoms with van der Waals surface area (Å²) in [7, 11) is 3.13. The van der Waals surface area contributed by atoms with Gasteiger partial charge in [-0.25, -0.2) is 0 Å². The van der Waals surface area contributed by atoms with E-state index in [2.05, 4.69) is 22.9 Å². The smallest absolute Gasteiger partial charge is 0.315 e. The average Bonchev–Trinajstić information content (AvgIpc) is 2.90. The Morgan fingerprint density at radius 1 is 1.13 bits per heavy atom. The molecule has 6 nitrogen and oxygen atoms in total. The van der Waals surface area contributed by atoms with Gasteiger partial charge in [0.25, 0.3) is 0 Å². The van der Waals surface area contributed by atoms with Crippen LogP contribution in [0.2, 0.25) is 5.02 Å². The van der Waals surface area contributed by atoms with E-state index in [1.807, 2.05) is 37.3 Å². The van der Waals surface area contributed by atoms with Crippen LogP contribution < -0.4 is 9.47 Å². The second kappa shape index (κ2) is 12.7. The number of hydrogen-bond donors (Lipinski definition) is 0. The minimum absolute atomic E-state index is 0.0147. The molecule has 1 unspecified atom stereocenters. The van der Waals surface area contributed by atoms with Crippen molar-refractivity contribution in [2.45, 2.75) is 38.5 Å². The van der Waals surface area contributed by atoms with Gasteiger partial charge in [0.1, 0.15) is 12.5 Å². The normalized spacial score (nSPS) is 21.1. The molecular formula is C29H31BrClNO5S. The number of carbonyl (C=O) groups excluding carboxylic acids is 2. The zero-order valence-corrected chi connectivity index (χ0v) is 25.0. The van der Waals surface area contributed by atoms with Crippen molar-refractivity contribution in [2.24, 2.45) is 10.9 Å². The minimum atomic E-state index is -0.731. The summed E-state index contributed by atoms with van der Waals surface area (Å²) in [5.41, 5.74) is 3.72. The summed E-state index contributed by atoms with van der Waals surface area (Å²) in [6.07, 6.45) is 0.918. The second-order valence-corrected chi connectivity index (χ2v) is 11.9. The van der Waals surface area contributed by atoms with E-state index in [-0.39, 0.29) is 17.7 Å². The Labute approximate surface area is 241 Å². The lowest BCUT2D eigenvalue weighted by Gasteiger charge is -2.37. The van der Waals surface area contributed by atoms with Crippen molar-refractivity contribution in [1.82, 2.24) is 0 Å². The highest BCUT2D eigenvalue weighted by Gasteiger charge is 2.45. The maximum Gasteiger partial charge on any atom is 0.315 e. The third kappa shape index (κ3) is 5.97. The molecule has 0 bridgehead atoms. The third-order valence-electron chi connectivity index (χ3n) is 7.00. The summed E-state index contributed by atoms with van der Waals surface area (Å²) in [6.45, 7) is 4.21. The number of halogens is 2. The van der Waals surface area contributed by atoms with E-state index in [0.717, 1.165) is 22.6 Å². The average molecular weight is 621 g/mol. The summed E-state index contributed by atoms with van der Waals surface area (Å²) in [5.74, 6) is 1.01. The van der Waals surface area contributed by atoms with E-state index in [1.165, 1.54) is 0 Å². The van der Waals surface area contributed by atoms with Gasteiger partial charge in [0, 0.05) is 44.6 Å². The summed E-state index contributed by atoms with van der Waals surface area (Å²) >= 11 is 11.5. The second-order valence-electron chi connectivity index (χ2n) is 9.24. The van der Waals surface area contributed by atoms with Crippen molar-refractivity contribution >= 4 is 56.8 Å². The Kier molecular flexibility index (Phi) is 9.60. The maximum absolute atomic E-state index is 13.8. The first-order valence-corrected chi connectivity index (χ1v) is 14.8. The largest absolute Gasteiger partial charge is 0.493 e. The van der Waals surface area contributed by atoms with Crippen molar-refractivity contribution < 1.29 is 23.8 Å². The number of hydrogen-bond acceptors (Lipinski definition) is 7. The molecule has 0 fully saturated rings. The molecule has 1 aliphatic heterocycles. The zero-order chi connectivity index (χ0) is 27.4. The van der Waals surface area contributed by atoms with Gasteiger partial charge in [-0.05, 0) is 60.4 Å². The predicted octanol–water partition coefficient (Wildman–Crippen LogP) is 6.99. The molecule has 202 valence electrons. The zero-order valence-electron chi connectivity index (χ0n) is 21.9. The number of benzene rings is 2. The number of ketones is 1. The lowest BCUT2D eigenvalue weighted by molar-refractivity contribution is -0.145. The number of nitrogens with zero attached hydrogens (tertiary/aromatic N) is 1. The molecule has 0 aromatic heterocycles. The van der Waals surface area contributed by atoms with Gasteiger partial charge in [-0.1, -0.05) is 46.6 Å². The van der Waals surface area contributed by atoms with Gasteiger partial charge in [-0.15, -0.1) is 0 Å². The van der Waals surface area contributed by atoms with Gasteiger partial charge < -0.3 is 14.2 Å². The quantitative estimate of drug-likeness (QED) is 0.222. The molecule has 3 atom stereocenters. The number of Topliss-reactive ketones (excluding diaryl/α,β-unsaturated/α-hetero) is 1. The van der Waals surface area contributed by atoms with E-state index in [9.17, 15) is 9.59 Å². The molecule has 0 amide bonds. The number of rotatable bonds is 9. The van der Waals surface area contributed by atoms with Crippen molar-refractivity contribution in [3.05, 3.63) is 68.3 Å². The van der Waals surface area contributed by atoms with Crippen LogP contribution in [-0.4, -0.2) is 49.8 Å². The summed E-state index contributed by atoms with van der Waals surface area (Å²) in [4.78, 5) is 32.2. The SMILES string of the molecule is CCSCCOC(=O)C1C(C)=NC2=C(C(=O)C[C@@H](c3ccc(Cl)cc3)C2)[C@@H]1c1cc(OC)c(OC)cc1Br. The van der Waals surface area contributed by atoms with Crippen LogP contribution in [0, 0.1) is 5.92 Å². The van der Waals surface area contributed by atoms with Crippen LogP contribution in [0.1, 0.15) is 49.7 Å². The Balaban J connectivity index is 1.79. The van der Waals surface area contributed by atoms with Gasteiger partial charge in [0.2, 0.25) is 0 Å². The lowest BCUT2D eigenvalue weighted by Crippen LogP contribution is -2.38. The fourth-order valence-corrected chi connectivity index (χ4v) is 6.40. The number of ether oxygens (including phenoxy) is 3. The van der Waals surface area contributed by atoms with Crippen molar-refractivity contribution in [3.63, 3.8) is 0 Å². The first kappa shape index (κ1) is 28.7. The summed E-state index contributed by atoms with van der Waals surface area (Å²) in [5, 5.41) is 0.652. The number of carbonyl (C=O) groups is 2. The Hall–Kier alpha value is -2.29. The molecule has 1 aliphatic carbocycles. The number of methoxy groups -OCH3 is 2. The van der Waals surface area contributed by atoms with Crippen LogP contribution in [0.3, 0.4) is 0 Å².